The Kier molecular flexibility index (Phi) is 12.3. The molecule has 0 spiro atoms. The number of ether oxygens (including phenoxy) is 2. The van der Waals surface area contributed by atoms with Crippen molar-refractivity contribution in [3.63, 3.8) is 0 Å². The lowest BCUT2D eigenvalue weighted by atomic mass is 10.1. The third kappa shape index (κ3) is 9.80. The highest BCUT2D eigenvalue weighted by Gasteiger charge is 2.54. The van der Waals surface area contributed by atoms with E-state index in [9.17, 15) is 57.9 Å². The molecule has 37 heteroatoms. The summed E-state index contributed by atoms with van der Waals surface area (Å²) < 4.78 is 102. The van der Waals surface area contributed by atoms with Gasteiger partial charge in [-0.1, -0.05) is 0 Å². The maximum atomic E-state index is 14.1. The molecule has 6 rings (SSSR count). The van der Waals surface area contributed by atoms with Gasteiger partial charge in [0.1, 0.15) is 60.3 Å². The lowest BCUT2D eigenvalue weighted by Crippen LogP contribution is -2.34. The zero-order valence-electron chi connectivity index (χ0n) is 27.6. The molecule has 0 amide bonds. The van der Waals surface area contributed by atoms with Crippen LogP contribution in [0.3, 0.4) is 0 Å². The van der Waals surface area contributed by atoms with E-state index in [0.29, 0.717) is 0 Å². The number of nitrogens with zero attached hydrogens (tertiary/aromatic N) is 8. The Morgan fingerprint density at radius 2 is 1.00 bits per heavy atom. The van der Waals surface area contributed by atoms with Crippen molar-refractivity contribution in [3.05, 3.63) is 25.3 Å². The number of nitrogen functional groups attached to an aromatic ring is 2. The van der Waals surface area contributed by atoms with Gasteiger partial charge in [-0.3, -0.25) is 18.2 Å². The van der Waals surface area contributed by atoms with Gasteiger partial charge in [0.05, 0.1) is 25.9 Å². The van der Waals surface area contributed by atoms with Gasteiger partial charge in [0.2, 0.25) is 0 Å². The average molecular weight is 916 g/mol. The van der Waals surface area contributed by atoms with E-state index in [2.05, 4.69) is 47.1 Å². The summed E-state index contributed by atoms with van der Waals surface area (Å²) in [6.07, 6.45) is -9.95. The Bertz CT molecular complexity index is 2260. The van der Waals surface area contributed by atoms with Crippen molar-refractivity contribution in [2.45, 2.75) is 49.1 Å². The molecule has 6 heterocycles. The second-order valence-corrected chi connectivity index (χ2v) is 19.3. The fourth-order valence-corrected chi connectivity index (χ4v) is 12.1. The Morgan fingerprint density at radius 1 is 0.579 bits per heavy atom. The minimum Gasteiger partial charge on any atom is -0.387 e. The summed E-state index contributed by atoms with van der Waals surface area (Å²) in [6.45, 7) is -2.52. The number of nitrogens with two attached hydrogens (primary N) is 2. The van der Waals surface area contributed by atoms with Crippen LogP contribution in [0.15, 0.2) is 25.3 Å². The van der Waals surface area contributed by atoms with Crippen molar-refractivity contribution >= 4 is 73.1 Å². The topological polar surface area (TPSA) is 481 Å². The van der Waals surface area contributed by atoms with Crippen LogP contribution < -0.4 is 11.5 Å². The molecule has 2 aliphatic rings. The molecule has 0 aliphatic carbocycles. The first-order valence-electron chi connectivity index (χ1n) is 15.1. The molecule has 4 aromatic rings. The number of anilines is 2. The van der Waals surface area contributed by atoms with E-state index >= 15 is 0 Å². The summed E-state index contributed by atoms with van der Waals surface area (Å²) in [7, 11) is -31.4. The number of phosphoric ester groups is 1. The summed E-state index contributed by atoms with van der Waals surface area (Å²) >= 11 is 0. The van der Waals surface area contributed by atoms with Crippen molar-refractivity contribution in [2.75, 3.05) is 24.7 Å². The maximum absolute atomic E-state index is 14.1. The Balaban J connectivity index is 1.27. The number of hydrogen-bond donors (Lipinski definition) is 11. The number of aromatic nitrogens is 8. The highest BCUT2D eigenvalue weighted by molar-refractivity contribution is 7.73. The monoisotopic (exact) mass is 916 g/mol. The number of imidazole rings is 2. The number of aliphatic hydroxyl groups is 4. The molecule has 0 aromatic carbocycles. The zero-order valence-corrected chi connectivity index (χ0v) is 32.1. The van der Waals surface area contributed by atoms with Gasteiger partial charge in [-0.25, -0.2) is 52.7 Å². The Labute approximate surface area is 314 Å². The van der Waals surface area contributed by atoms with E-state index < -0.39 is 101 Å². The van der Waals surface area contributed by atoms with Gasteiger partial charge in [-0.15, -0.1) is 0 Å². The summed E-state index contributed by atoms with van der Waals surface area (Å²) in [5.41, 5.74) is 11.7. The first kappa shape index (κ1) is 43.7. The third-order valence-electron chi connectivity index (χ3n) is 7.61. The average Bonchev–Trinajstić information content (AvgIpc) is 3.83. The third-order valence-corrected chi connectivity index (χ3v) is 15.1. The highest BCUT2D eigenvalue weighted by atomic mass is 31.3. The molecule has 32 nitrogen and oxygen atoms in total. The molecule has 2 aliphatic heterocycles. The van der Waals surface area contributed by atoms with Gasteiger partial charge in [-0.05, 0) is 0 Å². The fraction of sp³-hybridized carbons (Fsp3) is 0.500. The minimum atomic E-state index is -6.65. The first-order chi connectivity index (χ1) is 26.4. The number of fused-ring (bicyclic) bond motifs is 2. The molecule has 0 bridgehead atoms. The van der Waals surface area contributed by atoms with Crippen LogP contribution in [0, 0.1) is 0 Å². The summed E-state index contributed by atoms with van der Waals surface area (Å²) in [4.78, 5) is 69.8. The SMILES string of the molecule is Nc1ncnc2c1ncn2[C@@H]1O[C@H](COP(=O)(OC[C@H]2O[C@@H](n3cnc4c(N)ncnc43)C(O)C2O)OP(=O)(OP(=O)(O)O)OP(=O)(O)OP(=O)(O)O)C(O)C1O. The number of rotatable bonds is 16. The van der Waals surface area contributed by atoms with Crippen molar-refractivity contribution in [3.8, 4) is 0 Å². The smallest absolute Gasteiger partial charge is 0.387 e. The number of hydrogen-bond acceptors (Lipinski definition) is 25. The van der Waals surface area contributed by atoms with Gasteiger partial charge >= 0.3 is 39.1 Å². The van der Waals surface area contributed by atoms with E-state index in [1.807, 2.05) is 0 Å². The lowest BCUT2D eigenvalue weighted by molar-refractivity contribution is -0.0606. The molecule has 13 N–H and O–H groups in total. The van der Waals surface area contributed by atoms with Crippen molar-refractivity contribution in [2.24, 2.45) is 0 Å². The summed E-state index contributed by atoms with van der Waals surface area (Å²) in [5, 5.41) is 43.2. The quantitative estimate of drug-likeness (QED) is 0.0525. The molecule has 57 heavy (non-hydrogen) atoms. The normalized spacial score (nSPS) is 29.1. The number of aliphatic hydroxyl groups excluding tert-OH is 4. The summed E-state index contributed by atoms with van der Waals surface area (Å²) in [5.74, 6) is -0.145. The van der Waals surface area contributed by atoms with Crippen LogP contribution in [0.5, 0.6) is 0 Å². The second kappa shape index (κ2) is 16.0. The van der Waals surface area contributed by atoms with Crippen molar-refractivity contribution in [1.82, 2.24) is 39.0 Å². The molecule has 316 valence electrons. The zero-order chi connectivity index (χ0) is 41.9. The van der Waals surface area contributed by atoms with Crippen LogP contribution in [-0.4, -0.2) is 134 Å². The van der Waals surface area contributed by atoms with Crippen LogP contribution in [0.4, 0.5) is 11.6 Å². The summed E-state index contributed by atoms with van der Waals surface area (Å²) in [6, 6.07) is 0. The minimum absolute atomic E-state index is 0.00602. The molecule has 0 saturated carbocycles. The Morgan fingerprint density at radius 3 is 1.40 bits per heavy atom. The van der Waals surface area contributed by atoms with E-state index in [-0.39, 0.29) is 34.0 Å². The molecule has 4 aromatic heterocycles. The first-order valence-corrected chi connectivity index (χ1v) is 22.5. The van der Waals surface area contributed by atoms with Gasteiger partial charge in [0, 0.05) is 0 Å². The molecule has 2 fully saturated rings. The number of phosphoric acid groups is 5. The fourth-order valence-electron chi connectivity index (χ4n) is 5.29. The standard InChI is InChI=1S/C20H29N10O22P5/c21-15-9-17(25-3-23-15)29(5-27-9)19-13(33)11(31)7(47-19)1-45-56(43,52-57(44,50-54(38,39)40)51-55(41,42)49-53(35,36)37)46-2-8-12(32)14(34)20(48-8)30-6-28-10-16(22)24-4-26-18(10)30/h3-8,11-14,19-20,31-34H,1-2H2,(H,41,42)(H2,21,23,25)(H2,22,24,26)(H2,35,36,37)(H2,38,39,40)/t7-,8-,11?,12?,13?,14?,19-,20-,56?,57?/m1/s1. The van der Waals surface area contributed by atoms with Crippen LogP contribution in [0.2, 0.25) is 0 Å². The van der Waals surface area contributed by atoms with E-state index in [0.717, 1.165) is 34.4 Å². The predicted molar refractivity (Wildman–Crippen MR) is 177 cm³/mol. The van der Waals surface area contributed by atoms with Crippen LogP contribution in [-0.2, 0) is 58.6 Å². The van der Waals surface area contributed by atoms with Gasteiger partial charge in [-0.2, -0.15) is 17.2 Å². The van der Waals surface area contributed by atoms with E-state index in [4.69, 9.17) is 39.8 Å². The van der Waals surface area contributed by atoms with Crippen molar-refractivity contribution < 1.29 is 103 Å². The predicted octanol–water partition coefficient (Wildman–Crippen LogP) is -2.33. The van der Waals surface area contributed by atoms with Crippen LogP contribution in [0.25, 0.3) is 22.3 Å². The molecule has 6 unspecified atom stereocenters. The van der Waals surface area contributed by atoms with Gasteiger partial charge < -0.3 is 65.8 Å². The largest absolute Gasteiger partial charge is 0.501 e. The molecule has 2 saturated heterocycles. The van der Waals surface area contributed by atoms with E-state index in [1.165, 1.54) is 0 Å². The van der Waals surface area contributed by atoms with Crippen LogP contribution in [0.1, 0.15) is 12.5 Å². The maximum Gasteiger partial charge on any atom is 0.501 e. The van der Waals surface area contributed by atoms with Gasteiger partial charge in [0.25, 0.3) is 0 Å². The Hall–Kier alpha value is -2.83. The molecular weight excluding hydrogens is 887 g/mol. The second-order valence-electron chi connectivity index (χ2n) is 11.5. The van der Waals surface area contributed by atoms with Crippen molar-refractivity contribution in [1.29, 1.82) is 0 Å². The van der Waals surface area contributed by atoms with Gasteiger partial charge in [0.15, 0.2) is 35.4 Å². The molecular formula is C20H29N10O22P5. The molecule has 10 atom stereocenters. The lowest BCUT2D eigenvalue weighted by Gasteiger charge is -2.26. The molecule has 0 radical (unpaired) electrons. The van der Waals surface area contributed by atoms with E-state index in [1.54, 1.807) is 0 Å². The van der Waals surface area contributed by atoms with Crippen LogP contribution >= 0.6 is 39.1 Å². The highest BCUT2D eigenvalue weighted by Crippen LogP contribution is 2.77.